The van der Waals surface area contributed by atoms with E-state index >= 15 is 0 Å². The lowest BCUT2D eigenvalue weighted by atomic mass is 9.87. The van der Waals surface area contributed by atoms with E-state index in [0.717, 1.165) is 30.5 Å². The highest BCUT2D eigenvalue weighted by atomic mass is 16.3. The van der Waals surface area contributed by atoms with Gasteiger partial charge < -0.3 is 10.2 Å². The summed E-state index contributed by atoms with van der Waals surface area (Å²) in [6.07, 6.45) is 8.56. The highest BCUT2D eigenvalue weighted by molar-refractivity contribution is 5.28. The minimum absolute atomic E-state index is 0.0891. The Hall–Kier alpha value is -1.84. The van der Waals surface area contributed by atoms with Gasteiger partial charge in [0.25, 0.3) is 0 Å². The van der Waals surface area contributed by atoms with Crippen LogP contribution in [0.1, 0.15) is 74.2 Å². The molecule has 1 aliphatic heterocycles. The van der Waals surface area contributed by atoms with Crippen molar-refractivity contribution in [1.82, 2.24) is 4.90 Å². The first-order chi connectivity index (χ1) is 14.1. The Morgan fingerprint density at radius 1 is 0.966 bits per heavy atom. The maximum Gasteiger partial charge on any atom is 0.115 e. The smallest absolute Gasteiger partial charge is 0.115 e. The zero-order chi connectivity index (χ0) is 20.2. The van der Waals surface area contributed by atoms with Gasteiger partial charge in [0.05, 0.1) is 6.10 Å². The molecule has 156 valence electrons. The van der Waals surface area contributed by atoms with E-state index in [1.165, 1.54) is 50.5 Å². The van der Waals surface area contributed by atoms with Gasteiger partial charge in [0.2, 0.25) is 0 Å². The van der Waals surface area contributed by atoms with Crippen molar-refractivity contribution in [3.05, 3.63) is 65.2 Å². The van der Waals surface area contributed by atoms with Gasteiger partial charge in [-0.05, 0) is 92.8 Å². The van der Waals surface area contributed by atoms with Crippen LogP contribution in [0.4, 0.5) is 0 Å². The summed E-state index contributed by atoms with van der Waals surface area (Å²) in [6.45, 7) is 4.20. The molecule has 0 bridgehead atoms. The second-order valence-electron chi connectivity index (χ2n) is 9.19. The molecule has 29 heavy (non-hydrogen) atoms. The fraction of sp³-hybridized carbons (Fsp3) is 0.538. The van der Waals surface area contributed by atoms with Gasteiger partial charge in [0, 0.05) is 6.04 Å². The Balaban J connectivity index is 1.30. The molecule has 0 amide bonds. The molecule has 1 saturated carbocycles. The van der Waals surface area contributed by atoms with Crippen LogP contribution in [0, 0.1) is 5.92 Å². The maximum absolute atomic E-state index is 10.7. The third-order valence-corrected chi connectivity index (χ3v) is 7.22. The molecule has 2 unspecified atom stereocenters. The summed E-state index contributed by atoms with van der Waals surface area (Å²) in [7, 11) is 0. The normalized spacial score (nSPS) is 21.3. The number of likely N-dealkylation sites (tertiary alicyclic amines) is 1. The van der Waals surface area contributed by atoms with Crippen molar-refractivity contribution >= 4 is 0 Å². The van der Waals surface area contributed by atoms with Crippen LogP contribution in [0.15, 0.2) is 48.5 Å². The number of rotatable bonds is 6. The number of piperidine rings is 1. The van der Waals surface area contributed by atoms with E-state index in [0.29, 0.717) is 0 Å². The average Bonchev–Trinajstić information content (AvgIpc) is 3.29. The Bertz CT molecular complexity index is 774. The molecule has 2 aromatic carbocycles. The van der Waals surface area contributed by atoms with Crippen molar-refractivity contribution in [3.8, 4) is 5.75 Å². The van der Waals surface area contributed by atoms with E-state index < -0.39 is 6.10 Å². The Kier molecular flexibility index (Phi) is 6.56. The number of aliphatic hydroxyl groups excluding tert-OH is 1. The Labute approximate surface area is 175 Å². The van der Waals surface area contributed by atoms with Crippen LogP contribution >= 0.6 is 0 Å². The van der Waals surface area contributed by atoms with Crippen molar-refractivity contribution in [2.45, 2.75) is 69.9 Å². The lowest BCUT2D eigenvalue weighted by Crippen LogP contribution is -2.43. The molecule has 1 saturated heterocycles. The molecule has 0 spiro atoms. The molecule has 2 aromatic rings. The van der Waals surface area contributed by atoms with Crippen molar-refractivity contribution in [3.63, 3.8) is 0 Å². The van der Waals surface area contributed by atoms with Crippen LogP contribution in [0.25, 0.3) is 0 Å². The quantitative estimate of drug-likeness (QED) is 0.688. The molecule has 1 aliphatic carbocycles. The first-order valence-corrected chi connectivity index (χ1v) is 11.4. The molecule has 0 aromatic heterocycles. The number of nitrogens with zero attached hydrogens (tertiary/aromatic N) is 1. The fourth-order valence-electron chi connectivity index (χ4n) is 5.28. The van der Waals surface area contributed by atoms with E-state index in [1.54, 1.807) is 17.7 Å². The predicted molar refractivity (Wildman–Crippen MR) is 118 cm³/mol. The van der Waals surface area contributed by atoms with Gasteiger partial charge in [-0.15, -0.1) is 0 Å². The molecule has 2 fully saturated rings. The topological polar surface area (TPSA) is 43.7 Å². The third kappa shape index (κ3) is 5.02. The van der Waals surface area contributed by atoms with Gasteiger partial charge in [-0.1, -0.05) is 49.2 Å². The van der Waals surface area contributed by atoms with Crippen LogP contribution in [0.2, 0.25) is 0 Å². The molecule has 2 aliphatic rings. The van der Waals surface area contributed by atoms with Crippen LogP contribution in [0.5, 0.6) is 5.75 Å². The van der Waals surface area contributed by atoms with Crippen molar-refractivity contribution in [1.29, 1.82) is 0 Å². The molecule has 2 N–H and O–H groups in total. The molecule has 3 nitrogen and oxygen atoms in total. The minimum atomic E-state index is -0.518. The van der Waals surface area contributed by atoms with Gasteiger partial charge in [0.15, 0.2) is 0 Å². The first-order valence-electron chi connectivity index (χ1n) is 11.4. The summed E-state index contributed by atoms with van der Waals surface area (Å²) < 4.78 is 0. The van der Waals surface area contributed by atoms with Gasteiger partial charge in [-0.3, -0.25) is 4.90 Å². The lowest BCUT2D eigenvalue weighted by molar-refractivity contribution is 0.0373. The molecular weight excluding hydrogens is 358 g/mol. The van der Waals surface area contributed by atoms with E-state index in [4.69, 9.17) is 0 Å². The first kappa shape index (κ1) is 20.4. The second kappa shape index (κ2) is 9.32. The van der Waals surface area contributed by atoms with Crippen molar-refractivity contribution in [2.75, 3.05) is 13.1 Å². The number of hydrogen-bond donors (Lipinski definition) is 2. The van der Waals surface area contributed by atoms with Gasteiger partial charge in [-0.2, -0.15) is 0 Å². The minimum Gasteiger partial charge on any atom is -0.508 e. The SMILES string of the molecule is CC(C(O)c1ccc(O)cc1)N1CCC(Cc2cccc(C3CCCC3)c2)CC1. The zero-order valence-corrected chi connectivity index (χ0v) is 17.6. The van der Waals surface area contributed by atoms with Gasteiger partial charge >= 0.3 is 0 Å². The van der Waals surface area contributed by atoms with Crippen LogP contribution in [-0.4, -0.2) is 34.2 Å². The van der Waals surface area contributed by atoms with Crippen LogP contribution in [0.3, 0.4) is 0 Å². The molecule has 0 radical (unpaired) electrons. The number of phenolic OH excluding ortho intramolecular Hbond substituents is 1. The largest absolute Gasteiger partial charge is 0.508 e. The van der Waals surface area contributed by atoms with E-state index in [1.807, 2.05) is 12.1 Å². The number of hydrogen-bond acceptors (Lipinski definition) is 3. The highest BCUT2D eigenvalue weighted by Gasteiger charge is 2.28. The summed E-state index contributed by atoms with van der Waals surface area (Å²) in [4.78, 5) is 2.42. The molecule has 3 heteroatoms. The summed E-state index contributed by atoms with van der Waals surface area (Å²) in [5, 5.41) is 20.2. The summed E-state index contributed by atoms with van der Waals surface area (Å²) >= 11 is 0. The Morgan fingerprint density at radius 2 is 1.66 bits per heavy atom. The van der Waals surface area contributed by atoms with Crippen LogP contribution < -0.4 is 0 Å². The predicted octanol–water partition coefficient (Wildman–Crippen LogP) is 5.43. The molecule has 2 atom stereocenters. The number of aromatic hydroxyl groups is 1. The third-order valence-electron chi connectivity index (χ3n) is 7.22. The van der Waals surface area contributed by atoms with Crippen molar-refractivity contribution in [2.24, 2.45) is 5.92 Å². The standard InChI is InChI=1S/C26H35NO2/c1-19(26(29)23-9-11-25(28)12-10-23)27-15-13-20(14-16-27)17-21-5-4-8-24(18-21)22-6-2-3-7-22/h4-5,8-12,18-20,22,26,28-29H,2-3,6-7,13-17H2,1H3. The lowest BCUT2D eigenvalue weighted by Gasteiger charge is -2.38. The summed E-state index contributed by atoms with van der Waals surface area (Å²) in [6, 6.07) is 16.4. The maximum atomic E-state index is 10.7. The molecular formula is C26H35NO2. The van der Waals surface area contributed by atoms with E-state index in [9.17, 15) is 10.2 Å². The Morgan fingerprint density at radius 3 is 2.34 bits per heavy atom. The number of aliphatic hydroxyl groups is 1. The fourth-order valence-corrected chi connectivity index (χ4v) is 5.28. The van der Waals surface area contributed by atoms with E-state index in [-0.39, 0.29) is 11.8 Å². The second-order valence-corrected chi connectivity index (χ2v) is 9.19. The molecule has 1 heterocycles. The average molecular weight is 394 g/mol. The van der Waals surface area contributed by atoms with Crippen LogP contribution in [-0.2, 0) is 6.42 Å². The zero-order valence-electron chi connectivity index (χ0n) is 17.6. The number of phenols is 1. The van der Waals surface area contributed by atoms with Gasteiger partial charge in [-0.25, -0.2) is 0 Å². The monoisotopic (exact) mass is 393 g/mol. The summed E-state index contributed by atoms with van der Waals surface area (Å²) in [5.41, 5.74) is 3.94. The highest BCUT2D eigenvalue weighted by Crippen LogP contribution is 2.35. The van der Waals surface area contributed by atoms with Gasteiger partial charge in [0.1, 0.15) is 5.75 Å². The summed E-state index contributed by atoms with van der Waals surface area (Å²) in [5.74, 6) is 1.77. The number of benzene rings is 2. The molecule has 4 rings (SSSR count). The van der Waals surface area contributed by atoms with Crippen molar-refractivity contribution < 1.29 is 10.2 Å². The van der Waals surface area contributed by atoms with E-state index in [2.05, 4.69) is 36.1 Å².